The zero-order chi connectivity index (χ0) is 72.3. The van der Waals surface area contributed by atoms with Crippen LogP contribution in [0.25, 0.3) is 229 Å². The molecule has 0 saturated heterocycles. The third kappa shape index (κ3) is 10.7. The average Bonchev–Trinajstić information content (AvgIpc) is 1.51. The molecule has 110 heavy (non-hydrogen) atoms. The van der Waals surface area contributed by atoms with E-state index in [0.717, 1.165) is 138 Å². The van der Waals surface area contributed by atoms with Crippen LogP contribution in [0.1, 0.15) is 0 Å². The molecule has 22 rings (SSSR count). The first-order valence-electron chi connectivity index (χ1n) is 36.9. The largest absolute Gasteiger partial charge is 0.247 e. The highest BCUT2D eigenvalue weighted by Crippen LogP contribution is 2.50. The fraction of sp³-hybridized carbons (Fsp3) is 0. The lowest BCUT2D eigenvalue weighted by Gasteiger charge is -2.14. The number of aromatic nitrogens is 8. The van der Waals surface area contributed by atoms with Gasteiger partial charge >= 0.3 is 0 Å². The maximum absolute atomic E-state index is 5.63. The van der Waals surface area contributed by atoms with Gasteiger partial charge in [-0.15, -0.1) is 22.7 Å². The Morgan fingerprint density at radius 2 is 0.536 bits per heavy atom. The quantitative estimate of drug-likeness (QED) is 0.118. The van der Waals surface area contributed by atoms with E-state index in [1.54, 1.807) is 0 Å². The van der Waals surface area contributed by atoms with Crippen LogP contribution in [0.3, 0.4) is 0 Å². The second-order valence-electron chi connectivity index (χ2n) is 28.0. The lowest BCUT2D eigenvalue weighted by Crippen LogP contribution is -2.00. The Morgan fingerprint density at radius 1 is 0.173 bits per heavy atom. The minimum absolute atomic E-state index is 0.591. The zero-order valence-corrected chi connectivity index (χ0v) is 60.5. The number of pyridine rings is 2. The predicted octanol–water partition coefficient (Wildman–Crippen LogP) is 26.8. The van der Waals surface area contributed by atoms with Gasteiger partial charge in [0.05, 0.1) is 22.4 Å². The van der Waals surface area contributed by atoms with E-state index in [1.165, 1.54) is 56.7 Å². The lowest BCUT2D eigenvalue weighted by atomic mass is 9.92. The summed E-state index contributed by atoms with van der Waals surface area (Å²) in [5, 5.41) is 16.3. The molecule has 10 heteroatoms. The Morgan fingerprint density at radius 3 is 1.14 bits per heavy atom. The monoisotopic (exact) mass is 1430 g/mol. The molecule has 0 radical (unpaired) electrons. The number of hydrogen-bond donors (Lipinski definition) is 0. The van der Waals surface area contributed by atoms with Crippen molar-refractivity contribution in [3.05, 3.63) is 352 Å². The summed E-state index contributed by atoms with van der Waals surface area (Å²) in [4.78, 5) is 42.1. The molecule has 0 aliphatic carbocycles. The van der Waals surface area contributed by atoms with Crippen molar-refractivity contribution < 1.29 is 0 Å². The van der Waals surface area contributed by atoms with E-state index in [0.29, 0.717) is 34.9 Å². The second kappa shape index (κ2) is 25.8. The standard InChI is InChI=1S/C100H58N8S2/c1-5-22-61(23-6-1)91-79-51-53-85-89(87(79)77-34-15-16-40-83(77)101-91)81-38-19-36-75(93(81)109-85)60-42-44-65(45-43-60)97-106-99(71-46-41-59-21-13-14-30-66(59)55-71)108-100(107-97)72-48-49-74-67(56-72)32-18-35-73(74)69-47-50-78-84(58-69)102-92(62-24-7-2-8-25-62)80-52-54-86-90(88(78)80)82-39-20-37-76(94(82)110-86)68-31-17-33-70(57-68)98-104-95(63-26-9-3-10-27-63)103-96(105-98)64-28-11-4-12-29-64/h1-58H. The summed E-state index contributed by atoms with van der Waals surface area (Å²) >= 11 is 3.68. The fourth-order valence-corrected chi connectivity index (χ4v) is 18.8. The summed E-state index contributed by atoms with van der Waals surface area (Å²) in [6, 6.07) is 125. The van der Waals surface area contributed by atoms with Crippen LogP contribution >= 0.6 is 22.7 Å². The van der Waals surface area contributed by atoms with Gasteiger partial charge in [-0.3, -0.25) is 0 Å². The number of nitrogens with zero attached hydrogens (tertiary/aromatic N) is 8. The molecule has 0 amide bonds. The van der Waals surface area contributed by atoms with E-state index in [2.05, 4.69) is 291 Å². The van der Waals surface area contributed by atoms with Gasteiger partial charge in [-0.2, -0.15) is 0 Å². The van der Waals surface area contributed by atoms with Crippen molar-refractivity contribution in [2.75, 3.05) is 0 Å². The van der Waals surface area contributed by atoms with Crippen LogP contribution in [0.4, 0.5) is 0 Å². The molecule has 8 nitrogen and oxygen atoms in total. The van der Waals surface area contributed by atoms with Crippen LogP contribution < -0.4 is 0 Å². The van der Waals surface area contributed by atoms with E-state index in [9.17, 15) is 0 Å². The van der Waals surface area contributed by atoms with Crippen molar-refractivity contribution in [2.45, 2.75) is 0 Å². The van der Waals surface area contributed by atoms with Gasteiger partial charge in [-0.25, -0.2) is 39.9 Å². The molecule has 0 saturated carbocycles. The maximum Gasteiger partial charge on any atom is 0.164 e. The van der Waals surface area contributed by atoms with E-state index < -0.39 is 0 Å². The molecule has 6 aromatic heterocycles. The third-order valence-electron chi connectivity index (χ3n) is 21.5. The molecule has 0 bridgehead atoms. The Balaban J connectivity index is 0.637. The zero-order valence-electron chi connectivity index (χ0n) is 58.9. The molecule has 16 aromatic carbocycles. The SMILES string of the molecule is c1ccc(-c2nc(-c3ccccc3)nc(-c3cccc(-c4cccc5c4sc4ccc6c(-c7ccccc7)nc7cc(-c8cccc9cc(-c%10nc(-c%11ccc(-c%12cccc%13c%12sc%12ccc%14c(-c%15ccccc%15)nc%15ccccc%15c%14c%12%13)cc%11)nc(-c%11ccc%12ccccc%12c%11)n%10)ccc89)ccc7c6c45)c3)n2)cc1. The van der Waals surface area contributed by atoms with E-state index in [1.807, 2.05) is 83.3 Å². The predicted molar refractivity (Wildman–Crippen MR) is 459 cm³/mol. The summed E-state index contributed by atoms with van der Waals surface area (Å²) in [5.41, 5.74) is 18.2. The molecule has 0 atom stereocenters. The lowest BCUT2D eigenvalue weighted by molar-refractivity contribution is 1.07. The van der Waals surface area contributed by atoms with Crippen LogP contribution in [0.2, 0.25) is 0 Å². The summed E-state index contributed by atoms with van der Waals surface area (Å²) in [6.45, 7) is 0. The number of para-hydroxylation sites is 1. The molecule has 510 valence electrons. The van der Waals surface area contributed by atoms with Gasteiger partial charge in [-0.1, -0.05) is 309 Å². The van der Waals surface area contributed by atoms with Crippen molar-refractivity contribution in [3.8, 4) is 124 Å². The average molecular weight is 1440 g/mol. The Labute approximate surface area is 639 Å². The highest BCUT2D eigenvalue weighted by Gasteiger charge is 2.24. The summed E-state index contributed by atoms with van der Waals surface area (Å²) < 4.78 is 4.90. The number of rotatable bonds is 11. The number of benzene rings is 16. The Hall–Kier alpha value is -14.2. The molecular weight excluding hydrogens is 1380 g/mol. The van der Waals surface area contributed by atoms with Gasteiger partial charge in [-0.05, 0) is 97.4 Å². The van der Waals surface area contributed by atoms with Crippen LogP contribution in [-0.2, 0) is 0 Å². The number of thiophene rings is 2. The Bertz CT molecular complexity index is 7460. The molecule has 0 fully saturated rings. The topological polar surface area (TPSA) is 103 Å². The molecule has 0 aliphatic heterocycles. The first-order valence-corrected chi connectivity index (χ1v) is 38.5. The molecular formula is C100H58N8S2. The minimum atomic E-state index is 0.591. The normalized spacial score (nSPS) is 11.8. The van der Waals surface area contributed by atoms with Crippen LogP contribution in [-0.4, -0.2) is 39.9 Å². The van der Waals surface area contributed by atoms with Gasteiger partial charge in [0.1, 0.15) is 0 Å². The van der Waals surface area contributed by atoms with Crippen LogP contribution in [0, 0.1) is 0 Å². The number of hydrogen-bond acceptors (Lipinski definition) is 10. The first-order chi connectivity index (χ1) is 54.5. The molecule has 0 unspecified atom stereocenters. The van der Waals surface area contributed by atoms with E-state index in [-0.39, 0.29) is 0 Å². The third-order valence-corrected chi connectivity index (χ3v) is 23.9. The van der Waals surface area contributed by atoms with Gasteiger partial charge in [0, 0.05) is 117 Å². The van der Waals surface area contributed by atoms with Gasteiger partial charge in [0.2, 0.25) is 0 Å². The van der Waals surface area contributed by atoms with Crippen molar-refractivity contribution >= 4 is 128 Å². The summed E-state index contributed by atoms with van der Waals surface area (Å²) in [5.74, 6) is 3.67. The summed E-state index contributed by atoms with van der Waals surface area (Å²) in [7, 11) is 0. The van der Waals surface area contributed by atoms with Crippen molar-refractivity contribution in [1.29, 1.82) is 0 Å². The minimum Gasteiger partial charge on any atom is -0.247 e. The second-order valence-corrected chi connectivity index (χ2v) is 30.1. The fourth-order valence-electron chi connectivity index (χ4n) is 16.3. The maximum atomic E-state index is 5.63. The smallest absolute Gasteiger partial charge is 0.164 e. The van der Waals surface area contributed by atoms with Crippen molar-refractivity contribution in [1.82, 2.24) is 39.9 Å². The van der Waals surface area contributed by atoms with E-state index in [4.69, 9.17) is 39.9 Å². The molecule has 0 N–H and O–H groups in total. The van der Waals surface area contributed by atoms with Crippen LogP contribution in [0.15, 0.2) is 352 Å². The van der Waals surface area contributed by atoms with Gasteiger partial charge in [0.25, 0.3) is 0 Å². The highest BCUT2D eigenvalue weighted by atomic mass is 32.1. The first kappa shape index (κ1) is 63.1. The van der Waals surface area contributed by atoms with E-state index >= 15 is 0 Å². The van der Waals surface area contributed by atoms with Gasteiger partial charge in [0.15, 0.2) is 34.9 Å². The van der Waals surface area contributed by atoms with Crippen molar-refractivity contribution in [2.24, 2.45) is 0 Å². The van der Waals surface area contributed by atoms with Crippen LogP contribution in [0.5, 0.6) is 0 Å². The number of fused-ring (bicyclic) bond motifs is 16. The highest BCUT2D eigenvalue weighted by molar-refractivity contribution is 7.27. The van der Waals surface area contributed by atoms with Gasteiger partial charge < -0.3 is 0 Å². The molecule has 22 aromatic rings. The Kier molecular flexibility index (Phi) is 14.8. The molecule has 6 heterocycles. The van der Waals surface area contributed by atoms with Crippen molar-refractivity contribution in [3.63, 3.8) is 0 Å². The molecule has 0 aliphatic rings. The molecule has 0 spiro atoms. The summed E-state index contributed by atoms with van der Waals surface area (Å²) in [6.07, 6.45) is 0.